The van der Waals surface area contributed by atoms with Gasteiger partial charge in [-0.2, -0.15) is 0 Å². The number of Topliss-reactive ketones (excluding diaryl/α,β-unsaturated/α-hetero) is 1. The number of hydrogen-bond donors (Lipinski definition) is 1. The van der Waals surface area contributed by atoms with Crippen molar-refractivity contribution >= 4 is 23.6 Å². The van der Waals surface area contributed by atoms with Crippen LogP contribution in [0.2, 0.25) is 0 Å². The first-order valence-corrected chi connectivity index (χ1v) is 12.2. The molecule has 1 fully saturated rings. The zero-order valence-electron chi connectivity index (χ0n) is 18.1. The van der Waals surface area contributed by atoms with E-state index >= 15 is 0 Å². The number of rotatable bonds is 12. The predicted molar refractivity (Wildman–Crippen MR) is 123 cm³/mol. The van der Waals surface area contributed by atoms with Crippen molar-refractivity contribution in [3.63, 3.8) is 0 Å². The monoisotopic (exact) mass is 444 g/mol. The SMILES string of the molecule is CCCC[C@H](N[C@@H]1CCCN1C(=O)OCc1ccccc1)C(=O)CSCc1ccco1. The molecular formula is C24H32N2O4S. The number of amides is 1. The van der Waals surface area contributed by atoms with Gasteiger partial charge in [-0.15, -0.1) is 11.8 Å². The number of nitrogens with zero attached hydrogens (tertiary/aromatic N) is 1. The summed E-state index contributed by atoms with van der Waals surface area (Å²) >= 11 is 1.56. The van der Waals surface area contributed by atoms with Gasteiger partial charge < -0.3 is 9.15 Å². The van der Waals surface area contributed by atoms with Gasteiger partial charge in [-0.05, 0) is 37.0 Å². The summed E-state index contributed by atoms with van der Waals surface area (Å²) in [7, 11) is 0. The lowest BCUT2D eigenvalue weighted by Gasteiger charge is -2.29. The number of nitrogens with one attached hydrogen (secondary N) is 1. The van der Waals surface area contributed by atoms with E-state index in [1.807, 2.05) is 42.5 Å². The highest BCUT2D eigenvalue weighted by Gasteiger charge is 2.33. The molecule has 0 unspecified atom stereocenters. The molecular weight excluding hydrogens is 412 g/mol. The quantitative estimate of drug-likeness (QED) is 0.497. The van der Waals surface area contributed by atoms with Crippen molar-refractivity contribution in [2.24, 2.45) is 0 Å². The van der Waals surface area contributed by atoms with Gasteiger partial charge >= 0.3 is 6.09 Å². The van der Waals surface area contributed by atoms with E-state index in [1.54, 1.807) is 22.9 Å². The molecule has 1 saturated heterocycles. The summed E-state index contributed by atoms with van der Waals surface area (Å²) in [6.45, 7) is 3.02. The van der Waals surface area contributed by atoms with E-state index in [9.17, 15) is 9.59 Å². The summed E-state index contributed by atoms with van der Waals surface area (Å²) in [6.07, 6.45) is 5.66. The molecule has 0 saturated carbocycles. The van der Waals surface area contributed by atoms with Gasteiger partial charge in [0.2, 0.25) is 0 Å². The third-order valence-corrected chi connectivity index (χ3v) is 6.37. The van der Waals surface area contributed by atoms with Crippen LogP contribution < -0.4 is 5.32 Å². The van der Waals surface area contributed by atoms with Gasteiger partial charge in [-0.1, -0.05) is 50.1 Å². The lowest BCUT2D eigenvalue weighted by Crippen LogP contribution is -2.51. The number of ketones is 1. The molecule has 1 N–H and O–H groups in total. The van der Waals surface area contributed by atoms with Crippen LogP contribution in [0.5, 0.6) is 0 Å². The van der Waals surface area contributed by atoms with E-state index in [-0.39, 0.29) is 30.7 Å². The number of hydrogen-bond acceptors (Lipinski definition) is 6. The fourth-order valence-electron chi connectivity index (χ4n) is 3.69. The highest BCUT2D eigenvalue weighted by atomic mass is 32.2. The van der Waals surface area contributed by atoms with Crippen LogP contribution in [-0.2, 0) is 21.9 Å². The Morgan fingerprint density at radius 3 is 2.84 bits per heavy atom. The molecule has 1 aliphatic heterocycles. The Morgan fingerprint density at radius 1 is 1.26 bits per heavy atom. The van der Waals surface area contributed by atoms with Crippen molar-refractivity contribution in [3.8, 4) is 0 Å². The molecule has 7 heteroatoms. The molecule has 2 aromatic rings. The minimum atomic E-state index is -0.326. The smallest absolute Gasteiger partial charge is 0.411 e. The second kappa shape index (κ2) is 12.6. The maximum absolute atomic E-state index is 12.9. The molecule has 0 bridgehead atoms. The van der Waals surface area contributed by atoms with E-state index in [0.29, 0.717) is 18.1 Å². The molecule has 1 aliphatic rings. The number of thioether (sulfide) groups is 1. The first-order chi connectivity index (χ1) is 15.2. The lowest BCUT2D eigenvalue weighted by atomic mass is 10.1. The largest absolute Gasteiger partial charge is 0.468 e. The highest BCUT2D eigenvalue weighted by Crippen LogP contribution is 2.20. The lowest BCUT2D eigenvalue weighted by molar-refractivity contribution is -0.119. The Labute approximate surface area is 188 Å². The second-order valence-corrected chi connectivity index (χ2v) is 8.78. The third kappa shape index (κ3) is 7.43. The van der Waals surface area contributed by atoms with E-state index < -0.39 is 0 Å². The number of likely N-dealkylation sites (tertiary alicyclic amines) is 1. The summed E-state index contributed by atoms with van der Waals surface area (Å²) in [5.41, 5.74) is 0.962. The molecule has 0 aliphatic carbocycles. The molecule has 1 aromatic heterocycles. The molecule has 1 aromatic carbocycles. The second-order valence-electron chi connectivity index (χ2n) is 7.79. The van der Waals surface area contributed by atoms with Crippen LogP contribution in [0.15, 0.2) is 53.1 Å². The highest BCUT2D eigenvalue weighted by molar-refractivity contribution is 7.99. The molecule has 31 heavy (non-hydrogen) atoms. The third-order valence-electron chi connectivity index (χ3n) is 5.39. The van der Waals surface area contributed by atoms with Crippen molar-refractivity contribution in [2.45, 2.75) is 63.6 Å². The molecule has 0 radical (unpaired) electrons. The van der Waals surface area contributed by atoms with Crippen LogP contribution in [-0.4, -0.2) is 41.3 Å². The van der Waals surface area contributed by atoms with Crippen molar-refractivity contribution in [1.29, 1.82) is 0 Å². The van der Waals surface area contributed by atoms with E-state index in [4.69, 9.17) is 9.15 Å². The summed E-state index contributed by atoms with van der Waals surface area (Å²) in [5.74, 6) is 2.15. The molecule has 2 atom stereocenters. The van der Waals surface area contributed by atoms with Crippen molar-refractivity contribution in [1.82, 2.24) is 10.2 Å². The number of furan rings is 1. The van der Waals surface area contributed by atoms with Crippen molar-refractivity contribution < 1.29 is 18.7 Å². The van der Waals surface area contributed by atoms with Gasteiger partial charge in [0.1, 0.15) is 12.4 Å². The number of ether oxygens (including phenoxy) is 1. The van der Waals surface area contributed by atoms with E-state index in [0.717, 1.165) is 43.4 Å². The predicted octanol–water partition coefficient (Wildman–Crippen LogP) is 4.99. The Kier molecular flexibility index (Phi) is 9.49. The maximum atomic E-state index is 12.9. The summed E-state index contributed by atoms with van der Waals surface area (Å²) < 4.78 is 10.9. The molecule has 0 spiro atoms. The minimum Gasteiger partial charge on any atom is -0.468 e. The van der Waals surface area contributed by atoms with Gasteiger partial charge in [0.05, 0.1) is 30.0 Å². The minimum absolute atomic E-state index is 0.163. The van der Waals surface area contributed by atoms with Gasteiger partial charge in [0, 0.05) is 6.54 Å². The standard InChI is InChI=1S/C24H32N2O4S/c1-2-3-12-21(22(27)18-31-17-20-11-8-15-29-20)25-23-13-7-14-26(23)24(28)30-16-19-9-5-4-6-10-19/h4-6,8-11,15,21,23,25H,2-3,7,12-14,16-18H2,1H3/t21-,23-/m0/s1. The average Bonchev–Trinajstić information content (AvgIpc) is 3.47. The molecule has 3 rings (SSSR count). The first-order valence-electron chi connectivity index (χ1n) is 11.0. The number of unbranched alkanes of at least 4 members (excludes halogenated alkanes) is 1. The van der Waals surface area contributed by atoms with Crippen LogP contribution in [0.1, 0.15) is 50.4 Å². The van der Waals surface area contributed by atoms with Crippen molar-refractivity contribution in [2.75, 3.05) is 12.3 Å². The molecule has 2 heterocycles. The number of carbonyl (C=O) groups excluding carboxylic acids is 2. The Bertz CT molecular complexity index is 797. The summed E-state index contributed by atoms with van der Waals surface area (Å²) in [6, 6.07) is 13.2. The average molecular weight is 445 g/mol. The number of benzene rings is 1. The molecule has 168 valence electrons. The molecule has 1 amide bonds. The van der Waals surface area contributed by atoms with Gasteiger partial charge in [-0.25, -0.2) is 4.79 Å². The van der Waals surface area contributed by atoms with Crippen LogP contribution in [0.4, 0.5) is 4.79 Å². The topological polar surface area (TPSA) is 71.8 Å². The Balaban J connectivity index is 1.51. The Hall–Kier alpha value is -2.25. The van der Waals surface area contributed by atoms with Crippen molar-refractivity contribution in [3.05, 3.63) is 60.1 Å². The zero-order chi connectivity index (χ0) is 21.9. The van der Waals surface area contributed by atoms with Gasteiger partial charge in [-0.3, -0.25) is 15.0 Å². The fraction of sp³-hybridized carbons (Fsp3) is 0.500. The maximum Gasteiger partial charge on any atom is 0.411 e. The van der Waals surface area contributed by atoms with Gasteiger partial charge in [0.25, 0.3) is 0 Å². The van der Waals surface area contributed by atoms with Crippen LogP contribution in [0.25, 0.3) is 0 Å². The van der Waals surface area contributed by atoms with E-state index in [2.05, 4.69) is 12.2 Å². The number of carbonyl (C=O) groups is 2. The summed E-state index contributed by atoms with van der Waals surface area (Å²) in [4.78, 5) is 27.3. The fourth-order valence-corrected chi connectivity index (χ4v) is 4.56. The summed E-state index contributed by atoms with van der Waals surface area (Å²) in [5, 5.41) is 3.46. The zero-order valence-corrected chi connectivity index (χ0v) is 18.9. The van der Waals surface area contributed by atoms with E-state index in [1.165, 1.54) is 0 Å². The normalized spacial score (nSPS) is 16.9. The van der Waals surface area contributed by atoms with Crippen LogP contribution in [0.3, 0.4) is 0 Å². The van der Waals surface area contributed by atoms with Gasteiger partial charge in [0.15, 0.2) is 5.78 Å². The molecule has 6 nitrogen and oxygen atoms in total. The van der Waals surface area contributed by atoms with Crippen LogP contribution in [0, 0.1) is 0 Å². The van der Waals surface area contributed by atoms with Crippen LogP contribution >= 0.6 is 11.8 Å². The first kappa shape index (κ1) is 23.4. The Morgan fingerprint density at radius 2 is 2.10 bits per heavy atom.